The number of hydrogen-bond donors (Lipinski definition) is 1. The van der Waals surface area contributed by atoms with E-state index >= 15 is 0 Å². The monoisotopic (exact) mass is 330 g/mol. The van der Waals surface area contributed by atoms with Crippen LogP contribution in [0.1, 0.15) is 5.56 Å². The SMILES string of the molecule is Cc1cc(Br)c(Nc2ccc(Cl)cn2)cc1Cl. The van der Waals surface area contributed by atoms with Crippen molar-refractivity contribution in [3.8, 4) is 0 Å². The minimum absolute atomic E-state index is 0.608. The number of rotatable bonds is 2. The van der Waals surface area contributed by atoms with Crippen molar-refractivity contribution >= 4 is 50.6 Å². The number of nitrogens with zero attached hydrogens (tertiary/aromatic N) is 1. The first-order chi connectivity index (χ1) is 8.06. The van der Waals surface area contributed by atoms with E-state index in [2.05, 4.69) is 26.2 Å². The van der Waals surface area contributed by atoms with Gasteiger partial charge < -0.3 is 5.32 Å². The molecule has 0 saturated heterocycles. The zero-order chi connectivity index (χ0) is 12.4. The first-order valence-electron chi connectivity index (χ1n) is 4.90. The van der Waals surface area contributed by atoms with Crippen molar-refractivity contribution in [2.45, 2.75) is 6.92 Å². The van der Waals surface area contributed by atoms with Crippen molar-refractivity contribution in [3.63, 3.8) is 0 Å². The first kappa shape index (κ1) is 12.7. The molecule has 0 radical (unpaired) electrons. The fourth-order valence-corrected chi connectivity index (χ4v) is 2.16. The number of halogens is 3. The molecule has 0 atom stereocenters. The van der Waals surface area contributed by atoms with Crippen LogP contribution in [0, 0.1) is 6.92 Å². The van der Waals surface area contributed by atoms with Crippen LogP contribution in [0.2, 0.25) is 10.0 Å². The molecular formula is C12H9BrCl2N2. The Kier molecular flexibility index (Phi) is 3.92. The standard InChI is InChI=1S/C12H9BrCl2N2/c1-7-4-9(13)11(5-10(7)15)17-12-3-2-8(14)6-16-12/h2-6H,1H3,(H,16,17). The summed E-state index contributed by atoms with van der Waals surface area (Å²) in [7, 11) is 0. The highest BCUT2D eigenvalue weighted by Crippen LogP contribution is 2.31. The Morgan fingerprint density at radius 2 is 2.00 bits per heavy atom. The molecule has 1 aromatic heterocycles. The highest BCUT2D eigenvalue weighted by Gasteiger charge is 2.05. The summed E-state index contributed by atoms with van der Waals surface area (Å²) in [5.41, 5.74) is 1.89. The van der Waals surface area contributed by atoms with Crippen molar-refractivity contribution < 1.29 is 0 Å². The van der Waals surface area contributed by atoms with Crippen LogP contribution in [-0.4, -0.2) is 4.98 Å². The van der Waals surface area contributed by atoms with Crippen molar-refractivity contribution in [2.75, 3.05) is 5.32 Å². The zero-order valence-corrected chi connectivity index (χ0v) is 12.1. The molecule has 1 N–H and O–H groups in total. The Balaban J connectivity index is 2.30. The van der Waals surface area contributed by atoms with Gasteiger partial charge in [-0.15, -0.1) is 0 Å². The molecule has 0 fully saturated rings. The normalized spacial score (nSPS) is 10.4. The second-order valence-corrected chi connectivity index (χ2v) is 5.27. The topological polar surface area (TPSA) is 24.9 Å². The Bertz CT molecular complexity index is 541. The van der Waals surface area contributed by atoms with E-state index in [1.54, 1.807) is 12.3 Å². The second-order valence-electron chi connectivity index (χ2n) is 3.57. The lowest BCUT2D eigenvalue weighted by atomic mass is 10.2. The molecule has 2 nitrogen and oxygen atoms in total. The first-order valence-corrected chi connectivity index (χ1v) is 6.45. The smallest absolute Gasteiger partial charge is 0.130 e. The molecule has 0 aliphatic heterocycles. The minimum atomic E-state index is 0.608. The number of benzene rings is 1. The lowest BCUT2D eigenvalue weighted by molar-refractivity contribution is 1.30. The van der Waals surface area contributed by atoms with E-state index in [-0.39, 0.29) is 0 Å². The third-order valence-corrected chi connectivity index (χ3v) is 3.53. The molecule has 2 rings (SSSR count). The van der Waals surface area contributed by atoms with Gasteiger partial charge in [-0.2, -0.15) is 0 Å². The summed E-state index contributed by atoms with van der Waals surface area (Å²) in [6.07, 6.45) is 1.59. The van der Waals surface area contributed by atoms with Crippen molar-refractivity contribution in [1.29, 1.82) is 0 Å². The summed E-state index contributed by atoms with van der Waals surface area (Å²) in [5.74, 6) is 0.718. The number of anilines is 2. The predicted octanol–water partition coefficient (Wildman–Crippen LogP) is 5.20. The summed E-state index contributed by atoms with van der Waals surface area (Å²) >= 11 is 15.3. The molecule has 0 unspecified atom stereocenters. The summed E-state index contributed by atoms with van der Waals surface area (Å²) < 4.78 is 0.941. The molecule has 0 bridgehead atoms. The Hall–Kier alpha value is -0.770. The lowest BCUT2D eigenvalue weighted by Gasteiger charge is -2.09. The van der Waals surface area contributed by atoms with Gasteiger partial charge in [0.15, 0.2) is 0 Å². The Morgan fingerprint density at radius 3 is 2.65 bits per heavy atom. The van der Waals surface area contributed by atoms with Crippen LogP contribution in [0.5, 0.6) is 0 Å². The molecule has 5 heteroatoms. The average Bonchev–Trinajstić information content (AvgIpc) is 2.29. The molecule has 0 aliphatic rings. The summed E-state index contributed by atoms with van der Waals surface area (Å²) in [5, 5.41) is 4.49. The second kappa shape index (κ2) is 5.25. The van der Waals surface area contributed by atoms with Gasteiger partial charge in [0, 0.05) is 15.7 Å². The molecule has 0 amide bonds. The van der Waals surface area contributed by atoms with Gasteiger partial charge in [-0.3, -0.25) is 0 Å². The number of nitrogens with one attached hydrogen (secondary N) is 1. The van der Waals surface area contributed by atoms with Gasteiger partial charge in [-0.25, -0.2) is 4.98 Å². The van der Waals surface area contributed by atoms with Crippen LogP contribution in [0.4, 0.5) is 11.5 Å². The molecule has 0 aliphatic carbocycles. The van der Waals surface area contributed by atoms with Crippen molar-refractivity contribution in [3.05, 3.63) is 50.5 Å². The van der Waals surface area contributed by atoms with Crippen LogP contribution in [-0.2, 0) is 0 Å². The molecule has 0 saturated carbocycles. The summed E-state index contributed by atoms with van der Waals surface area (Å²) in [6.45, 7) is 1.96. The number of hydrogen-bond acceptors (Lipinski definition) is 2. The van der Waals surface area contributed by atoms with E-state index in [0.29, 0.717) is 10.0 Å². The van der Waals surface area contributed by atoms with Gasteiger partial charge in [0.25, 0.3) is 0 Å². The fraction of sp³-hybridized carbons (Fsp3) is 0.0833. The van der Waals surface area contributed by atoms with Crippen LogP contribution in [0.15, 0.2) is 34.9 Å². The van der Waals surface area contributed by atoms with Gasteiger partial charge >= 0.3 is 0 Å². The molecule has 1 aromatic carbocycles. The van der Waals surface area contributed by atoms with Gasteiger partial charge in [0.05, 0.1) is 10.7 Å². The van der Waals surface area contributed by atoms with E-state index in [4.69, 9.17) is 23.2 Å². The maximum Gasteiger partial charge on any atom is 0.130 e. The minimum Gasteiger partial charge on any atom is -0.339 e. The Labute approximate surface area is 118 Å². The number of pyridine rings is 1. The molecule has 1 heterocycles. The average molecular weight is 332 g/mol. The van der Waals surface area contributed by atoms with Gasteiger partial charge in [-0.05, 0) is 52.7 Å². The van der Waals surface area contributed by atoms with Gasteiger partial charge in [0.2, 0.25) is 0 Å². The third-order valence-electron chi connectivity index (χ3n) is 2.24. The largest absolute Gasteiger partial charge is 0.339 e. The fourth-order valence-electron chi connectivity index (χ4n) is 1.33. The molecule has 17 heavy (non-hydrogen) atoms. The van der Waals surface area contributed by atoms with E-state index in [0.717, 1.165) is 21.5 Å². The maximum absolute atomic E-state index is 6.07. The molecule has 2 aromatic rings. The highest BCUT2D eigenvalue weighted by molar-refractivity contribution is 9.10. The number of aryl methyl sites for hydroxylation is 1. The quantitative estimate of drug-likeness (QED) is 0.817. The van der Waals surface area contributed by atoms with Crippen LogP contribution >= 0.6 is 39.1 Å². The van der Waals surface area contributed by atoms with E-state index in [1.165, 1.54) is 0 Å². The number of aromatic nitrogens is 1. The van der Waals surface area contributed by atoms with Crippen molar-refractivity contribution in [2.24, 2.45) is 0 Å². The van der Waals surface area contributed by atoms with Crippen LogP contribution < -0.4 is 5.32 Å². The van der Waals surface area contributed by atoms with Crippen molar-refractivity contribution in [1.82, 2.24) is 4.98 Å². The van der Waals surface area contributed by atoms with Crippen LogP contribution in [0.25, 0.3) is 0 Å². The van der Waals surface area contributed by atoms with Gasteiger partial charge in [0.1, 0.15) is 5.82 Å². The van der Waals surface area contributed by atoms with Gasteiger partial charge in [-0.1, -0.05) is 23.2 Å². The zero-order valence-electron chi connectivity index (χ0n) is 8.97. The van der Waals surface area contributed by atoms with Crippen LogP contribution in [0.3, 0.4) is 0 Å². The third kappa shape index (κ3) is 3.12. The van der Waals surface area contributed by atoms with E-state index in [1.807, 2.05) is 25.1 Å². The van der Waals surface area contributed by atoms with E-state index in [9.17, 15) is 0 Å². The highest BCUT2D eigenvalue weighted by atomic mass is 79.9. The predicted molar refractivity (Wildman–Crippen MR) is 76.4 cm³/mol. The summed E-state index contributed by atoms with van der Waals surface area (Å²) in [4.78, 5) is 4.16. The Morgan fingerprint density at radius 1 is 1.24 bits per heavy atom. The molecule has 88 valence electrons. The molecule has 0 spiro atoms. The summed E-state index contributed by atoms with van der Waals surface area (Å²) in [6, 6.07) is 7.40. The maximum atomic E-state index is 6.07. The molecular weight excluding hydrogens is 323 g/mol. The van der Waals surface area contributed by atoms with E-state index < -0.39 is 0 Å². The lowest BCUT2D eigenvalue weighted by Crippen LogP contribution is -1.94.